The summed E-state index contributed by atoms with van der Waals surface area (Å²) in [6.07, 6.45) is 5.97. The van der Waals surface area contributed by atoms with E-state index in [1.165, 1.54) is 17.0 Å². The van der Waals surface area contributed by atoms with Gasteiger partial charge in [0.05, 0.1) is 58.2 Å². The minimum atomic E-state index is -1.32. The lowest BCUT2D eigenvalue weighted by molar-refractivity contribution is -0.140. The van der Waals surface area contributed by atoms with E-state index in [1.807, 2.05) is 74.6 Å². The second kappa shape index (κ2) is 25.5. The highest BCUT2D eigenvalue weighted by Gasteiger charge is 2.40. The van der Waals surface area contributed by atoms with Crippen LogP contribution in [-0.2, 0) is 19.2 Å². The summed E-state index contributed by atoms with van der Waals surface area (Å²) in [5.41, 5.74) is 5.56. The van der Waals surface area contributed by atoms with Crippen LogP contribution in [0.2, 0.25) is 0 Å². The van der Waals surface area contributed by atoms with Crippen molar-refractivity contribution in [2.24, 2.45) is 5.41 Å². The highest BCUT2D eigenvalue weighted by Crippen LogP contribution is 2.31. The van der Waals surface area contributed by atoms with E-state index < -0.39 is 53.1 Å². The predicted molar refractivity (Wildman–Crippen MR) is 258 cm³/mol. The summed E-state index contributed by atoms with van der Waals surface area (Å²) < 4.78 is 43.7. The number of likely N-dealkylation sites (tertiary alicyclic amines) is 1. The molecule has 0 spiro atoms. The van der Waals surface area contributed by atoms with E-state index in [-0.39, 0.29) is 60.9 Å². The topological polar surface area (TPSA) is 174 Å². The second-order valence-electron chi connectivity index (χ2n) is 17.7. The molecule has 13 nitrogen and oxygen atoms in total. The normalized spacial score (nSPS) is 15.4. The first kappa shape index (κ1) is 52.3. The van der Waals surface area contributed by atoms with Crippen molar-refractivity contribution in [3.63, 3.8) is 0 Å². The molecule has 0 aliphatic carbocycles. The maximum absolute atomic E-state index is 14.7. The number of hydrogen-bond acceptors (Lipinski definition) is 10. The molecule has 0 bridgehead atoms. The van der Waals surface area contributed by atoms with E-state index in [0.717, 1.165) is 78.9 Å². The highest BCUT2D eigenvalue weighted by molar-refractivity contribution is 14.1. The zero-order valence-corrected chi connectivity index (χ0v) is 40.9. The van der Waals surface area contributed by atoms with Crippen LogP contribution in [0.25, 0.3) is 10.4 Å². The molecule has 4 aromatic rings. The number of nitrogens with one attached hydrogen (secondary N) is 5. The molecule has 0 saturated carbocycles. The second-order valence-corrected chi connectivity index (χ2v) is 19.8. The molecule has 3 atom stereocenters. The van der Waals surface area contributed by atoms with E-state index in [1.54, 1.807) is 22.9 Å². The van der Waals surface area contributed by atoms with Gasteiger partial charge in [-0.3, -0.25) is 24.0 Å². The molecule has 66 heavy (non-hydrogen) atoms. The minimum absolute atomic E-state index is 0.0114. The van der Waals surface area contributed by atoms with Gasteiger partial charge in [0.2, 0.25) is 17.7 Å². The van der Waals surface area contributed by atoms with Crippen LogP contribution in [0.3, 0.4) is 0 Å². The number of hydroxylamine groups is 1. The van der Waals surface area contributed by atoms with Crippen LogP contribution in [0.5, 0.6) is 0 Å². The van der Waals surface area contributed by atoms with Crippen LogP contribution in [0.1, 0.15) is 113 Å². The maximum Gasteiger partial charge on any atom is 0.277 e. The number of nitrogens with zero attached hydrogens (tertiary/aromatic N) is 2. The molecule has 2 heterocycles. The fourth-order valence-electron chi connectivity index (χ4n) is 7.58. The molecule has 3 aromatic carbocycles. The van der Waals surface area contributed by atoms with Gasteiger partial charge in [-0.15, -0.1) is 11.3 Å². The Labute approximate surface area is 402 Å². The summed E-state index contributed by atoms with van der Waals surface area (Å²) in [4.78, 5) is 65.1. The standard InChI is InChI=1S/C48H61F3IN7O6S/c1-30-45(66-29-55-30)32-14-12-31(13-15-32)39(57-47(64)40-25-34(60)28-59(40)42(62)27-48(2,3)4)26-41(61)54-22-10-8-6-5-7-9-20-53-21-11-23-65-58-46(63)35-17-18-36(49)43(51)44(35)56-38-19-16-33(52)24-37(38)50/h12-19,24,29,34,39-40,53,56,60H,5-11,20-23,25-28H2,1-4H3,(H,54,61)(H,57,64)(H,58,63)/t34-,39+,40+/m1/s1. The number of aryl methyl sites for hydroxylation is 1. The third kappa shape index (κ3) is 16.0. The summed E-state index contributed by atoms with van der Waals surface area (Å²) in [6, 6.07) is 12.3. The number of anilines is 2. The van der Waals surface area contributed by atoms with Gasteiger partial charge in [-0.25, -0.2) is 23.6 Å². The number of aliphatic hydroxyl groups is 1. The Balaban J connectivity index is 0.966. The first-order valence-electron chi connectivity index (χ1n) is 22.4. The van der Waals surface area contributed by atoms with Gasteiger partial charge in [0.25, 0.3) is 5.91 Å². The zero-order valence-electron chi connectivity index (χ0n) is 37.9. The average molecular weight is 1050 g/mol. The fourth-order valence-corrected chi connectivity index (χ4v) is 8.84. The Bertz CT molecular complexity index is 2260. The number of aliphatic hydroxyl groups excluding tert-OH is 1. The van der Waals surface area contributed by atoms with Gasteiger partial charge in [0.1, 0.15) is 11.9 Å². The van der Waals surface area contributed by atoms with Crippen molar-refractivity contribution >= 4 is 68.9 Å². The molecule has 18 heteroatoms. The van der Waals surface area contributed by atoms with E-state index >= 15 is 0 Å². The number of aromatic nitrogens is 1. The van der Waals surface area contributed by atoms with E-state index in [0.29, 0.717) is 23.1 Å². The molecule has 5 rings (SSSR count). The molecule has 1 fully saturated rings. The van der Waals surface area contributed by atoms with Crippen LogP contribution in [0.15, 0.2) is 60.1 Å². The molecular formula is C48H61F3IN7O6S. The average Bonchev–Trinajstić information content (AvgIpc) is 3.89. The highest BCUT2D eigenvalue weighted by atomic mass is 127. The van der Waals surface area contributed by atoms with Gasteiger partial charge in [-0.1, -0.05) is 70.7 Å². The largest absolute Gasteiger partial charge is 0.391 e. The third-order valence-corrected chi connectivity index (χ3v) is 12.7. The van der Waals surface area contributed by atoms with Crippen molar-refractivity contribution in [2.75, 3.05) is 38.1 Å². The maximum atomic E-state index is 14.7. The Hall–Kier alpha value is -4.63. The number of benzene rings is 3. The van der Waals surface area contributed by atoms with Gasteiger partial charge in [-0.2, -0.15) is 0 Å². The molecular weight excluding hydrogens is 987 g/mol. The lowest BCUT2D eigenvalue weighted by Crippen LogP contribution is -2.48. The van der Waals surface area contributed by atoms with E-state index in [2.05, 4.69) is 31.7 Å². The number of carbonyl (C=O) groups is 4. The predicted octanol–water partition coefficient (Wildman–Crippen LogP) is 8.63. The summed E-state index contributed by atoms with van der Waals surface area (Å²) in [5.74, 6) is -4.79. The molecule has 358 valence electrons. The lowest BCUT2D eigenvalue weighted by Gasteiger charge is -2.29. The van der Waals surface area contributed by atoms with Gasteiger partial charge in [0, 0.05) is 29.5 Å². The van der Waals surface area contributed by atoms with Crippen LogP contribution < -0.4 is 26.7 Å². The molecule has 1 aromatic heterocycles. The molecule has 1 saturated heterocycles. The fraction of sp³-hybridized carbons (Fsp3) is 0.479. The number of rotatable bonds is 24. The van der Waals surface area contributed by atoms with E-state index in [9.17, 15) is 37.5 Å². The summed E-state index contributed by atoms with van der Waals surface area (Å²) >= 11 is 3.46. The molecule has 0 radical (unpaired) electrons. The minimum Gasteiger partial charge on any atom is -0.391 e. The monoisotopic (exact) mass is 1050 g/mol. The molecule has 1 aliphatic rings. The SMILES string of the molecule is Cc1ncsc1-c1ccc([C@H](CC(=O)NCCCCCCCCNCCCONC(=O)c2ccc(F)c(F)c2Nc2ccc(I)cc2F)NC(=O)[C@@H]2C[C@@H](O)CN2C(=O)CC(C)(C)C)cc1. The van der Waals surface area contributed by atoms with Crippen LogP contribution in [0, 0.1) is 33.4 Å². The van der Waals surface area contributed by atoms with Gasteiger partial charge >= 0.3 is 0 Å². The Morgan fingerprint density at radius 3 is 2.30 bits per heavy atom. The lowest BCUT2D eigenvalue weighted by atomic mass is 9.91. The van der Waals surface area contributed by atoms with Crippen molar-refractivity contribution < 1.29 is 42.3 Å². The number of thiazole rings is 1. The molecule has 0 unspecified atom stereocenters. The first-order valence-corrected chi connectivity index (χ1v) is 24.3. The summed E-state index contributed by atoms with van der Waals surface area (Å²) in [6.45, 7) is 10.0. The van der Waals surface area contributed by atoms with Crippen LogP contribution in [-0.4, -0.2) is 83.6 Å². The van der Waals surface area contributed by atoms with Crippen molar-refractivity contribution in [1.82, 2.24) is 31.3 Å². The van der Waals surface area contributed by atoms with Gasteiger partial charge in [0.15, 0.2) is 11.6 Å². The van der Waals surface area contributed by atoms with Gasteiger partial charge < -0.3 is 31.3 Å². The van der Waals surface area contributed by atoms with Crippen molar-refractivity contribution in [2.45, 2.75) is 110 Å². The van der Waals surface area contributed by atoms with Crippen LogP contribution >= 0.6 is 33.9 Å². The molecule has 6 N–H and O–H groups in total. The van der Waals surface area contributed by atoms with Crippen molar-refractivity contribution in [1.29, 1.82) is 0 Å². The first-order chi connectivity index (χ1) is 31.5. The van der Waals surface area contributed by atoms with Crippen molar-refractivity contribution in [3.8, 4) is 10.4 Å². The number of β-amino-alcohol motifs (C(OH)–C–C–N with tert-alkyl or cyclic N) is 1. The number of amides is 4. The van der Waals surface area contributed by atoms with Crippen molar-refractivity contribution in [3.05, 3.63) is 98.0 Å². The van der Waals surface area contributed by atoms with Crippen LogP contribution in [0.4, 0.5) is 24.5 Å². The third-order valence-electron chi connectivity index (χ3n) is 11.0. The number of unbranched alkanes of at least 4 members (excludes halogenated alkanes) is 5. The summed E-state index contributed by atoms with van der Waals surface area (Å²) in [5, 5.41) is 22.4. The summed E-state index contributed by atoms with van der Waals surface area (Å²) in [7, 11) is 0. The number of halogens is 4. The Kier molecular flexibility index (Phi) is 20.2. The van der Waals surface area contributed by atoms with E-state index in [4.69, 9.17) is 4.84 Å². The quantitative estimate of drug-likeness (QED) is 0.0228. The molecule has 1 aliphatic heterocycles. The number of hydrogen-bond donors (Lipinski definition) is 6. The zero-order chi connectivity index (χ0) is 47.8. The van der Waals surface area contributed by atoms with Gasteiger partial charge in [-0.05, 0) is 109 Å². The Morgan fingerprint density at radius 2 is 1.62 bits per heavy atom. The Morgan fingerprint density at radius 1 is 0.924 bits per heavy atom. The molecule has 4 amide bonds. The number of carbonyl (C=O) groups excluding carboxylic acids is 4. The smallest absolute Gasteiger partial charge is 0.277 e.